The Labute approximate surface area is 98.5 Å². The molecule has 2 N–H and O–H groups in total. The Kier molecular flexibility index (Phi) is 2.29. The molecule has 0 amide bonds. The molecular formula is C12H13N5. The zero-order valence-corrected chi connectivity index (χ0v) is 9.51. The average Bonchev–Trinajstić information content (AvgIpc) is 2.92. The highest BCUT2D eigenvalue weighted by atomic mass is 15.3. The van der Waals surface area contributed by atoms with Crippen molar-refractivity contribution in [3.63, 3.8) is 0 Å². The predicted octanol–water partition coefficient (Wildman–Crippen LogP) is 1.91. The van der Waals surface area contributed by atoms with Crippen LogP contribution >= 0.6 is 0 Å². The SMILES string of the molecule is Cn1nccc1CNc1nc2ccccc2[nH]1. The first-order chi connectivity index (χ1) is 8.33. The number of nitrogens with one attached hydrogen (secondary N) is 2. The molecule has 0 aliphatic rings. The molecule has 0 radical (unpaired) electrons. The fraction of sp³-hybridized carbons (Fsp3) is 0.167. The number of H-pyrrole nitrogens is 1. The van der Waals surface area contributed by atoms with Crippen LogP contribution in [0.2, 0.25) is 0 Å². The Morgan fingerprint density at radius 2 is 2.18 bits per heavy atom. The summed E-state index contributed by atoms with van der Waals surface area (Å²) in [5, 5.41) is 7.37. The maximum atomic E-state index is 4.45. The van der Waals surface area contributed by atoms with E-state index < -0.39 is 0 Å². The zero-order valence-electron chi connectivity index (χ0n) is 9.51. The number of fused-ring (bicyclic) bond motifs is 1. The molecule has 0 saturated carbocycles. The number of nitrogens with zero attached hydrogens (tertiary/aromatic N) is 3. The molecule has 2 heterocycles. The second kappa shape index (κ2) is 3.93. The minimum Gasteiger partial charge on any atom is -0.350 e. The van der Waals surface area contributed by atoms with E-state index in [-0.39, 0.29) is 0 Å². The van der Waals surface area contributed by atoms with Crippen molar-refractivity contribution in [2.75, 3.05) is 5.32 Å². The van der Waals surface area contributed by atoms with Crippen molar-refractivity contribution in [1.82, 2.24) is 19.7 Å². The molecule has 1 aromatic carbocycles. The number of aryl methyl sites for hydroxylation is 1. The average molecular weight is 227 g/mol. The van der Waals surface area contributed by atoms with E-state index in [1.54, 1.807) is 6.20 Å². The first-order valence-electron chi connectivity index (χ1n) is 5.48. The minimum atomic E-state index is 0.705. The largest absolute Gasteiger partial charge is 0.350 e. The second-order valence-corrected chi connectivity index (χ2v) is 3.90. The highest BCUT2D eigenvalue weighted by Crippen LogP contribution is 2.13. The topological polar surface area (TPSA) is 58.5 Å². The van der Waals surface area contributed by atoms with Crippen LogP contribution in [0.4, 0.5) is 5.95 Å². The van der Waals surface area contributed by atoms with Crippen LogP contribution in [-0.2, 0) is 13.6 Å². The molecule has 86 valence electrons. The molecule has 5 nitrogen and oxygen atoms in total. The van der Waals surface area contributed by atoms with Crippen LogP contribution < -0.4 is 5.32 Å². The number of rotatable bonds is 3. The highest BCUT2D eigenvalue weighted by molar-refractivity contribution is 5.77. The molecular weight excluding hydrogens is 214 g/mol. The van der Waals surface area contributed by atoms with E-state index in [9.17, 15) is 0 Å². The lowest BCUT2D eigenvalue weighted by Gasteiger charge is -2.02. The molecule has 0 spiro atoms. The van der Waals surface area contributed by atoms with Gasteiger partial charge < -0.3 is 10.3 Å². The summed E-state index contributed by atoms with van der Waals surface area (Å²) in [6.45, 7) is 0.705. The maximum absolute atomic E-state index is 4.45. The summed E-state index contributed by atoms with van der Waals surface area (Å²) in [4.78, 5) is 7.67. The van der Waals surface area contributed by atoms with Crippen molar-refractivity contribution < 1.29 is 0 Å². The minimum absolute atomic E-state index is 0.705. The van der Waals surface area contributed by atoms with Crippen molar-refractivity contribution >= 4 is 17.0 Å². The van der Waals surface area contributed by atoms with E-state index in [4.69, 9.17) is 0 Å². The van der Waals surface area contributed by atoms with E-state index in [0.717, 1.165) is 22.7 Å². The summed E-state index contributed by atoms with van der Waals surface area (Å²) < 4.78 is 1.84. The lowest BCUT2D eigenvalue weighted by molar-refractivity contribution is 0.719. The molecule has 0 aliphatic heterocycles. The Morgan fingerprint density at radius 3 is 2.94 bits per heavy atom. The van der Waals surface area contributed by atoms with Gasteiger partial charge in [0.1, 0.15) is 0 Å². The predicted molar refractivity (Wildman–Crippen MR) is 66.6 cm³/mol. The van der Waals surface area contributed by atoms with Crippen LogP contribution in [0.5, 0.6) is 0 Å². The number of para-hydroxylation sites is 2. The van der Waals surface area contributed by atoms with Crippen molar-refractivity contribution in [2.45, 2.75) is 6.54 Å². The molecule has 0 bridgehead atoms. The Bertz CT molecular complexity index is 604. The van der Waals surface area contributed by atoms with Crippen LogP contribution in [0.3, 0.4) is 0 Å². The monoisotopic (exact) mass is 227 g/mol. The quantitative estimate of drug-likeness (QED) is 0.718. The number of aromatic amines is 1. The maximum Gasteiger partial charge on any atom is 0.201 e. The van der Waals surface area contributed by atoms with Crippen molar-refractivity contribution in [2.24, 2.45) is 7.05 Å². The van der Waals surface area contributed by atoms with E-state index in [1.807, 2.05) is 42.1 Å². The van der Waals surface area contributed by atoms with Gasteiger partial charge in [-0.1, -0.05) is 12.1 Å². The third-order valence-corrected chi connectivity index (χ3v) is 2.75. The fourth-order valence-electron chi connectivity index (χ4n) is 1.79. The van der Waals surface area contributed by atoms with Crippen LogP contribution in [0.15, 0.2) is 36.5 Å². The van der Waals surface area contributed by atoms with Crippen LogP contribution in [-0.4, -0.2) is 19.7 Å². The second-order valence-electron chi connectivity index (χ2n) is 3.90. The summed E-state index contributed by atoms with van der Waals surface area (Å²) in [6, 6.07) is 9.95. The standard InChI is InChI=1S/C12H13N5/c1-17-9(6-7-14-17)8-13-12-15-10-4-2-3-5-11(10)16-12/h2-7H,8H2,1H3,(H2,13,15,16). The third-order valence-electron chi connectivity index (χ3n) is 2.75. The number of hydrogen-bond acceptors (Lipinski definition) is 3. The molecule has 0 aliphatic carbocycles. The van der Waals surface area contributed by atoms with Crippen LogP contribution in [0.1, 0.15) is 5.69 Å². The van der Waals surface area contributed by atoms with Gasteiger partial charge in [-0.15, -0.1) is 0 Å². The molecule has 0 fully saturated rings. The smallest absolute Gasteiger partial charge is 0.201 e. The molecule has 5 heteroatoms. The molecule has 17 heavy (non-hydrogen) atoms. The molecule has 0 unspecified atom stereocenters. The van der Waals surface area contributed by atoms with Gasteiger partial charge in [-0.05, 0) is 18.2 Å². The Morgan fingerprint density at radius 1 is 1.29 bits per heavy atom. The summed E-state index contributed by atoms with van der Waals surface area (Å²) in [5.74, 6) is 0.785. The number of anilines is 1. The Balaban J connectivity index is 1.79. The van der Waals surface area contributed by atoms with Gasteiger partial charge in [-0.25, -0.2) is 4.98 Å². The van der Waals surface area contributed by atoms with Crippen LogP contribution in [0.25, 0.3) is 11.0 Å². The number of aromatic nitrogens is 4. The lowest BCUT2D eigenvalue weighted by Crippen LogP contribution is -2.06. The highest BCUT2D eigenvalue weighted by Gasteiger charge is 2.02. The van der Waals surface area contributed by atoms with Gasteiger partial charge in [0.15, 0.2) is 0 Å². The Hall–Kier alpha value is -2.30. The summed E-state index contributed by atoms with van der Waals surface area (Å²) >= 11 is 0. The van der Waals surface area contributed by atoms with Gasteiger partial charge in [0.25, 0.3) is 0 Å². The fourth-order valence-corrected chi connectivity index (χ4v) is 1.79. The van der Waals surface area contributed by atoms with Gasteiger partial charge in [0.2, 0.25) is 5.95 Å². The first-order valence-corrected chi connectivity index (χ1v) is 5.48. The van der Waals surface area contributed by atoms with E-state index in [0.29, 0.717) is 6.54 Å². The van der Waals surface area contributed by atoms with Gasteiger partial charge in [0, 0.05) is 13.2 Å². The molecule has 0 saturated heterocycles. The van der Waals surface area contributed by atoms with Crippen molar-refractivity contribution in [1.29, 1.82) is 0 Å². The van der Waals surface area contributed by atoms with Gasteiger partial charge in [-0.3, -0.25) is 4.68 Å². The summed E-state index contributed by atoms with van der Waals surface area (Å²) in [6.07, 6.45) is 1.79. The molecule has 3 rings (SSSR count). The van der Waals surface area contributed by atoms with Gasteiger partial charge >= 0.3 is 0 Å². The molecule has 2 aromatic heterocycles. The zero-order chi connectivity index (χ0) is 11.7. The van der Waals surface area contributed by atoms with E-state index in [2.05, 4.69) is 20.4 Å². The van der Waals surface area contributed by atoms with E-state index in [1.165, 1.54) is 0 Å². The first kappa shape index (κ1) is 9.89. The summed E-state index contributed by atoms with van der Waals surface area (Å²) in [5.41, 5.74) is 3.13. The van der Waals surface area contributed by atoms with Crippen LogP contribution in [0, 0.1) is 0 Å². The summed E-state index contributed by atoms with van der Waals surface area (Å²) in [7, 11) is 1.93. The number of benzene rings is 1. The molecule has 0 atom stereocenters. The number of hydrogen-bond donors (Lipinski definition) is 2. The lowest BCUT2D eigenvalue weighted by atomic mass is 10.3. The third kappa shape index (κ3) is 1.87. The van der Waals surface area contributed by atoms with Crippen molar-refractivity contribution in [3.05, 3.63) is 42.2 Å². The molecule has 3 aromatic rings. The number of imidazole rings is 1. The van der Waals surface area contributed by atoms with Crippen molar-refractivity contribution in [3.8, 4) is 0 Å². The van der Waals surface area contributed by atoms with Gasteiger partial charge in [0.05, 0.1) is 23.3 Å². The van der Waals surface area contributed by atoms with E-state index >= 15 is 0 Å². The normalized spacial score (nSPS) is 10.9. The van der Waals surface area contributed by atoms with Gasteiger partial charge in [-0.2, -0.15) is 5.10 Å².